The van der Waals surface area contributed by atoms with E-state index in [0.29, 0.717) is 6.54 Å². The summed E-state index contributed by atoms with van der Waals surface area (Å²) in [6.45, 7) is 0.103. The number of nitrogens with zero attached hydrogens (tertiary/aromatic N) is 1. The monoisotopic (exact) mass is 347 g/mol. The lowest BCUT2D eigenvalue weighted by atomic mass is 10.0. The smallest absolute Gasteiger partial charge is 0.343 e. The minimum absolute atomic E-state index is 0.0456. The third-order valence-corrected chi connectivity index (χ3v) is 4.22. The maximum Gasteiger partial charge on any atom is 0.343 e. The summed E-state index contributed by atoms with van der Waals surface area (Å²) in [4.78, 5) is 26.0. The van der Waals surface area contributed by atoms with Crippen LogP contribution in [0.4, 0.5) is 10.1 Å². The summed E-state index contributed by atoms with van der Waals surface area (Å²) in [6.07, 6.45) is 1.75. The second-order valence-electron chi connectivity index (χ2n) is 5.45. The SMILES string of the molecule is O=C(OCC(=O)N1CCCc2ccccc21)c1c(F)cccc1Cl. The third-order valence-electron chi connectivity index (χ3n) is 3.90. The van der Waals surface area contributed by atoms with Crippen molar-refractivity contribution < 1.29 is 18.7 Å². The highest BCUT2D eigenvalue weighted by atomic mass is 35.5. The standard InChI is InChI=1S/C18H15ClFNO3/c19-13-7-3-8-14(20)17(13)18(23)24-11-16(22)21-10-4-6-12-5-1-2-9-15(12)21/h1-3,5,7-9H,4,6,10-11H2. The number of carbonyl (C=O) groups excluding carboxylic acids is 2. The highest BCUT2D eigenvalue weighted by molar-refractivity contribution is 6.33. The highest BCUT2D eigenvalue weighted by Gasteiger charge is 2.24. The normalized spacial score (nSPS) is 13.3. The van der Waals surface area contributed by atoms with E-state index in [1.165, 1.54) is 12.1 Å². The summed E-state index contributed by atoms with van der Waals surface area (Å²) in [6, 6.07) is 11.5. The van der Waals surface area contributed by atoms with Crippen LogP contribution in [0.3, 0.4) is 0 Å². The molecule has 1 amide bonds. The van der Waals surface area contributed by atoms with E-state index in [2.05, 4.69) is 0 Å². The Hall–Kier alpha value is -2.40. The molecule has 124 valence electrons. The Labute approximate surface area is 143 Å². The number of halogens is 2. The van der Waals surface area contributed by atoms with Gasteiger partial charge < -0.3 is 9.64 Å². The van der Waals surface area contributed by atoms with Crippen LogP contribution in [-0.2, 0) is 16.0 Å². The molecule has 24 heavy (non-hydrogen) atoms. The summed E-state index contributed by atoms with van der Waals surface area (Å²) >= 11 is 5.82. The second kappa shape index (κ2) is 7.01. The van der Waals surface area contributed by atoms with Gasteiger partial charge in [-0.1, -0.05) is 35.9 Å². The van der Waals surface area contributed by atoms with E-state index in [1.54, 1.807) is 4.90 Å². The predicted molar refractivity (Wildman–Crippen MR) is 88.8 cm³/mol. The lowest BCUT2D eigenvalue weighted by Gasteiger charge is -2.29. The first kappa shape index (κ1) is 16.5. The fourth-order valence-corrected chi connectivity index (χ4v) is 3.00. The summed E-state index contributed by atoms with van der Waals surface area (Å²) in [5.41, 5.74) is 1.56. The van der Waals surface area contributed by atoms with Crippen molar-refractivity contribution in [1.82, 2.24) is 0 Å². The molecule has 0 bridgehead atoms. The highest BCUT2D eigenvalue weighted by Crippen LogP contribution is 2.27. The van der Waals surface area contributed by atoms with Crippen LogP contribution in [0.2, 0.25) is 5.02 Å². The molecule has 6 heteroatoms. The summed E-state index contributed by atoms with van der Waals surface area (Å²) in [5.74, 6) is -2.07. The molecule has 2 aromatic rings. The van der Waals surface area contributed by atoms with Crippen LogP contribution in [0.15, 0.2) is 42.5 Å². The van der Waals surface area contributed by atoms with E-state index in [9.17, 15) is 14.0 Å². The maximum atomic E-state index is 13.7. The number of ether oxygens (including phenoxy) is 1. The van der Waals surface area contributed by atoms with Gasteiger partial charge in [-0.15, -0.1) is 0 Å². The van der Waals surface area contributed by atoms with Crippen molar-refractivity contribution in [2.24, 2.45) is 0 Å². The number of para-hydroxylation sites is 1. The molecule has 0 saturated carbocycles. The largest absolute Gasteiger partial charge is 0.452 e. The van der Waals surface area contributed by atoms with E-state index in [-0.39, 0.29) is 16.5 Å². The van der Waals surface area contributed by atoms with Crippen molar-refractivity contribution in [3.8, 4) is 0 Å². The first-order chi connectivity index (χ1) is 11.6. The first-order valence-electron chi connectivity index (χ1n) is 7.57. The van der Waals surface area contributed by atoms with Gasteiger partial charge in [0.2, 0.25) is 0 Å². The maximum absolute atomic E-state index is 13.7. The number of esters is 1. The molecule has 0 spiro atoms. The van der Waals surface area contributed by atoms with Gasteiger partial charge >= 0.3 is 5.97 Å². The van der Waals surface area contributed by atoms with Crippen LogP contribution in [0.25, 0.3) is 0 Å². The third kappa shape index (κ3) is 3.26. The molecule has 0 aliphatic carbocycles. The Morgan fingerprint density at radius 3 is 2.75 bits per heavy atom. The molecule has 1 aliphatic heterocycles. The molecule has 0 fully saturated rings. The molecule has 1 heterocycles. The number of hydrogen-bond donors (Lipinski definition) is 0. The quantitative estimate of drug-likeness (QED) is 0.797. The zero-order valence-corrected chi connectivity index (χ0v) is 13.6. The fraction of sp³-hybridized carbons (Fsp3) is 0.222. The lowest BCUT2D eigenvalue weighted by molar-refractivity contribution is -0.121. The van der Waals surface area contributed by atoms with Crippen LogP contribution >= 0.6 is 11.6 Å². The minimum atomic E-state index is -0.947. The average Bonchev–Trinajstić information content (AvgIpc) is 2.59. The van der Waals surface area contributed by atoms with Crippen LogP contribution in [0.5, 0.6) is 0 Å². The number of fused-ring (bicyclic) bond motifs is 1. The van der Waals surface area contributed by atoms with E-state index >= 15 is 0 Å². The summed E-state index contributed by atoms with van der Waals surface area (Å²) < 4.78 is 18.7. The van der Waals surface area contributed by atoms with Crippen molar-refractivity contribution in [3.05, 3.63) is 64.4 Å². The molecule has 0 saturated heterocycles. The molecule has 0 unspecified atom stereocenters. The molecular weight excluding hydrogens is 333 g/mol. The first-order valence-corrected chi connectivity index (χ1v) is 7.95. The Morgan fingerprint density at radius 2 is 1.96 bits per heavy atom. The van der Waals surface area contributed by atoms with Crippen LogP contribution in [0.1, 0.15) is 22.3 Å². The van der Waals surface area contributed by atoms with E-state index in [0.717, 1.165) is 30.2 Å². The molecule has 0 radical (unpaired) electrons. The number of anilines is 1. The van der Waals surface area contributed by atoms with Gasteiger partial charge in [0, 0.05) is 12.2 Å². The molecule has 4 nitrogen and oxygen atoms in total. The minimum Gasteiger partial charge on any atom is -0.452 e. The number of rotatable bonds is 3. The van der Waals surface area contributed by atoms with Crippen LogP contribution in [0, 0.1) is 5.82 Å². The van der Waals surface area contributed by atoms with Crippen LogP contribution in [-0.4, -0.2) is 25.0 Å². The van der Waals surface area contributed by atoms with Crippen molar-refractivity contribution >= 4 is 29.2 Å². The second-order valence-corrected chi connectivity index (χ2v) is 5.86. The Morgan fingerprint density at radius 1 is 1.17 bits per heavy atom. The Kier molecular flexibility index (Phi) is 4.81. The molecule has 2 aromatic carbocycles. The Balaban J connectivity index is 1.70. The van der Waals surface area contributed by atoms with Gasteiger partial charge in [0.1, 0.15) is 11.4 Å². The number of benzene rings is 2. The van der Waals surface area contributed by atoms with Crippen molar-refractivity contribution in [3.63, 3.8) is 0 Å². The van der Waals surface area contributed by atoms with Gasteiger partial charge in [-0.2, -0.15) is 0 Å². The van der Waals surface area contributed by atoms with Gasteiger partial charge in [0.25, 0.3) is 5.91 Å². The lowest BCUT2D eigenvalue weighted by Crippen LogP contribution is -2.38. The van der Waals surface area contributed by atoms with Crippen molar-refractivity contribution in [1.29, 1.82) is 0 Å². The summed E-state index contributed by atoms with van der Waals surface area (Å²) in [5, 5.41) is -0.0456. The fourth-order valence-electron chi connectivity index (χ4n) is 2.76. The number of hydrogen-bond acceptors (Lipinski definition) is 3. The number of carbonyl (C=O) groups is 2. The van der Waals surface area contributed by atoms with Gasteiger partial charge in [-0.05, 0) is 36.6 Å². The van der Waals surface area contributed by atoms with Crippen molar-refractivity contribution in [2.75, 3.05) is 18.1 Å². The zero-order valence-electron chi connectivity index (χ0n) is 12.8. The Bertz CT molecular complexity index is 773. The molecule has 0 aromatic heterocycles. The van der Waals surface area contributed by atoms with E-state index in [1.807, 2.05) is 24.3 Å². The van der Waals surface area contributed by atoms with Crippen molar-refractivity contribution in [2.45, 2.75) is 12.8 Å². The van der Waals surface area contributed by atoms with E-state index < -0.39 is 18.4 Å². The predicted octanol–water partition coefficient (Wildman–Crippen LogP) is 3.62. The number of aryl methyl sites for hydroxylation is 1. The molecular formula is C18H15ClFNO3. The zero-order chi connectivity index (χ0) is 17.1. The average molecular weight is 348 g/mol. The molecule has 0 atom stereocenters. The van der Waals surface area contributed by atoms with Gasteiger partial charge in [0.15, 0.2) is 6.61 Å². The van der Waals surface area contributed by atoms with Gasteiger partial charge in [-0.25, -0.2) is 9.18 Å². The topological polar surface area (TPSA) is 46.6 Å². The van der Waals surface area contributed by atoms with Gasteiger partial charge in [-0.3, -0.25) is 4.79 Å². The molecule has 1 aliphatic rings. The molecule has 0 N–H and O–H groups in total. The number of amides is 1. The van der Waals surface area contributed by atoms with Crippen LogP contribution < -0.4 is 4.90 Å². The van der Waals surface area contributed by atoms with E-state index in [4.69, 9.17) is 16.3 Å². The summed E-state index contributed by atoms with van der Waals surface area (Å²) in [7, 11) is 0. The molecule has 3 rings (SSSR count). The van der Waals surface area contributed by atoms with Gasteiger partial charge in [0.05, 0.1) is 5.02 Å².